The van der Waals surface area contributed by atoms with Gasteiger partial charge in [-0.1, -0.05) is 59.3 Å². The van der Waals surface area contributed by atoms with Gasteiger partial charge in [-0.3, -0.25) is 4.79 Å². The fraction of sp³-hybridized carbons (Fsp3) is 0.200. The molecular weight excluding hydrogens is 435 g/mol. The van der Waals surface area contributed by atoms with Crippen LogP contribution in [-0.4, -0.2) is 29.3 Å². The highest BCUT2D eigenvalue weighted by atomic mass is 35.5. The van der Waals surface area contributed by atoms with Gasteiger partial charge in [0.25, 0.3) is 0 Å². The van der Waals surface area contributed by atoms with Crippen LogP contribution >= 0.6 is 47.2 Å². The van der Waals surface area contributed by atoms with E-state index in [1.807, 2.05) is 30.3 Å². The van der Waals surface area contributed by atoms with Crippen molar-refractivity contribution >= 4 is 69.0 Å². The summed E-state index contributed by atoms with van der Waals surface area (Å²) in [6.45, 7) is 1.44. The van der Waals surface area contributed by atoms with Crippen molar-refractivity contribution in [1.82, 2.24) is 5.32 Å². The first kappa shape index (κ1) is 19.6. The average Bonchev–Trinajstić information content (AvgIpc) is 3.05. The van der Waals surface area contributed by atoms with Crippen molar-refractivity contribution in [1.29, 1.82) is 0 Å². The summed E-state index contributed by atoms with van der Waals surface area (Å²) in [6.07, 6.45) is 2.24. The van der Waals surface area contributed by atoms with Crippen LogP contribution < -0.4 is 15.4 Å². The zero-order chi connectivity index (χ0) is 19.7. The van der Waals surface area contributed by atoms with Crippen molar-refractivity contribution in [3.8, 4) is 5.75 Å². The first-order valence-electron chi connectivity index (χ1n) is 8.67. The van der Waals surface area contributed by atoms with Gasteiger partial charge in [0.15, 0.2) is 5.78 Å². The molecule has 0 radical (unpaired) electrons. The van der Waals surface area contributed by atoms with E-state index in [0.29, 0.717) is 21.0 Å². The Morgan fingerprint density at radius 3 is 2.93 bits per heavy atom. The summed E-state index contributed by atoms with van der Waals surface area (Å²) < 4.78 is 6.21. The number of carbonyl (C=O) groups is 1. The number of carbonyl (C=O) groups excluding carboxylic acids is 1. The van der Waals surface area contributed by atoms with Crippen molar-refractivity contribution in [2.45, 2.75) is 12.5 Å². The Hall–Kier alpha value is -1.73. The molecule has 2 N–H and O–H groups in total. The lowest BCUT2D eigenvalue weighted by Gasteiger charge is -2.19. The largest absolute Gasteiger partial charge is 0.490 e. The fourth-order valence-corrected chi connectivity index (χ4v) is 4.72. The van der Waals surface area contributed by atoms with Gasteiger partial charge in [0.2, 0.25) is 0 Å². The predicted molar refractivity (Wildman–Crippen MR) is 121 cm³/mol. The molecule has 1 atom stereocenters. The second-order valence-corrected chi connectivity index (χ2v) is 9.00. The zero-order valence-corrected chi connectivity index (χ0v) is 17.8. The van der Waals surface area contributed by atoms with Crippen LogP contribution in [0.5, 0.6) is 5.75 Å². The second kappa shape index (κ2) is 8.33. The Morgan fingerprint density at radius 1 is 1.25 bits per heavy atom. The lowest BCUT2D eigenvalue weighted by atomic mass is 10.0. The summed E-state index contributed by atoms with van der Waals surface area (Å²) in [5.74, 6) is 0.866. The molecule has 0 spiro atoms. The third-order valence-corrected chi connectivity index (χ3v) is 6.43. The van der Waals surface area contributed by atoms with Crippen LogP contribution in [0.1, 0.15) is 11.1 Å². The Labute approximate surface area is 182 Å². The molecule has 0 saturated carbocycles. The quantitative estimate of drug-likeness (QED) is 0.643. The summed E-state index contributed by atoms with van der Waals surface area (Å²) in [5.41, 5.74) is 2.76. The van der Waals surface area contributed by atoms with Crippen molar-refractivity contribution in [2.75, 3.05) is 18.5 Å². The van der Waals surface area contributed by atoms with Gasteiger partial charge in [-0.25, -0.2) is 0 Å². The number of fused-ring (bicyclic) bond motifs is 1. The number of thioether (sulfide) groups is 1. The molecule has 4 rings (SSSR count). The molecule has 2 aliphatic heterocycles. The van der Waals surface area contributed by atoms with Crippen LogP contribution in [0, 0.1) is 0 Å². The third kappa shape index (κ3) is 4.30. The Morgan fingerprint density at radius 2 is 2.11 bits per heavy atom. The van der Waals surface area contributed by atoms with E-state index in [1.165, 1.54) is 11.8 Å². The summed E-state index contributed by atoms with van der Waals surface area (Å²) >= 11 is 18.7. The summed E-state index contributed by atoms with van der Waals surface area (Å²) in [7, 11) is 0. The monoisotopic (exact) mass is 450 g/mol. The number of Topliss-reactive ketones (excluding diaryl/α,β-unsaturated/α-hetero) is 1. The van der Waals surface area contributed by atoms with Crippen LogP contribution in [0.2, 0.25) is 10.0 Å². The van der Waals surface area contributed by atoms with Gasteiger partial charge in [-0.15, -0.1) is 0 Å². The van der Waals surface area contributed by atoms with Crippen molar-refractivity contribution in [3.05, 3.63) is 62.5 Å². The third-order valence-electron chi connectivity index (χ3n) is 4.43. The van der Waals surface area contributed by atoms with Crippen LogP contribution in [-0.2, 0) is 11.2 Å². The smallest absolute Gasteiger partial charge is 0.164 e. The van der Waals surface area contributed by atoms with Crippen LogP contribution in [0.3, 0.4) is 0 Å². The second-order valence-electron chi connectivity index (χ2n) is 6.44. The van der Waals surface area contributed by atoms with Crippen molar-refractivity contribution in [3.63, 3.8) is 0 Å². The topological polar surface area (TPSA) is 50.4 Å². The minimum absolute atomic E-state index is 0.0245. The first-order chi connectivity index (χ1) is 13.5. The molecule has 2 heterocycles. The Kier molecular flexibility index (Phi) is 5.83. The van der Waals surface area contributed by atoms with Gasteiger partial charge >= 0.3 is 0 Å². The number of rotatable bonds is 4. The highest BCUT2D eigenvalue weighted by molar-refractivity contribution is 8.26. The molecule has 2 aromatic carbocycles. The van der Waals surface area contributed by atoms with Gasteiger partial charge in [0.05, 0.1) is 15.7 Å². The van der Waals surface area contributed by atoms with Gasteiger partial charge in [-0.05, 0) is 41.5 Å². The average molecular weight is 451 g/mol. The molecule has 0 aliphatic carbocycles. The molecule has 2 aromatic rings. The first-order valence-corrected chi connectivity index (χ1v) is 10.6. The normalized spacial score (nSPS) is 19.6. The van der Waals surface area contributed by atoms with Crippen molar-refractivity contribution < 1.29 is 9.53 Å². The lowest BCUT2D eigenvalue weighted by Crippen LogP contribution is -2.34. The molecule has 1 saturated heterocycles. The number of hydrogen-bond donors (Lipinski definition) is 2. The molecule has 4 nitrogen and oxygen atoms in total. The maximum Gasteiger partial charge on any atom is 0.164 e. The minimum atomic E-state index is -0.466. The molecule has 1 unspecified atom stereocenters. The molecule has 28 heavy (non-hydrogen) atoms. The number of hydrogen-bond acceptors (Lipinski definition) is 5. The molecule has 0 aromatic heterocycles. The number of benzene rings is 2. The molecule has 8 heteroatoms. The van der Waals surface area contributed by atoms with E-state index in [0.717, 1.165) is 34.0 Å². The number of halogens is 2. The molecule has 0 amide bonds. The standard InChI is InChI=1S/C20H16Cl2N2O2S2/c21-13-3-1-11(7-14(13)22)9-16(25)19-18(28-20(27)24-19)10-12-2-4-17-15(8-12)23-5-6-26-17/h1-4,7-8,10,19,23H,5-6,9H2,(H,24,27). The SMILES string of the molecule is O=C(Cc1ccc(Cl)c(Cl)c1)C1NC(=S)SC1=Cc1ccc2c(c1)NCCO2. The highest BCUT2D eigenvalue weighted by Crippen LogP contribution is 2.34. The van der Waals surface area contributed by atoms with E-state index >= 15 is 0 Å². The van der Waals surface area contributed by atoms with Gasteiger partial charge in [0.1, 0.15) is 22.7 Å². The van der Waals surface area contributed by atoms with E-state index in [4.69, 9.17) is 40.2 Å². The van der Waals surface area contributed by atoms with E-state index in [2.05, 4.69) is 10.6 Å². The zero-order valence-electron chi connectivity index (χ0n) is 14.6. The number of thiocarbonyl (C=S) groups is 1. The minimum Gasteiger partial charge on any atom is -0.490 e. The number of ketones is 1. The van der Waals surface area contributed by atoms with Gasteiger partial charge < -0.3 is 15.4 Å². The maximum atomic E-state index is 12.9. The predicted octanol–water partition coefficient (Wildman–Crippen LogP) is 4.94. The summed E-state index contributed by atoms with van der Waals surface area (Å²) in [6, 6.07) is 10.7. The molecule has 0 bridgehead atoms. The number of nitrogens with one attached hydrogen (secondary N) is 2. The highest BCUT2D eigenvalue weighted by Gasteiger charge is 2.31. The van der Waals surface area contributed by atoms with Gasteiger partial charge in [0, 0.05) is 17.9 Å². The molecule has 144 valence electrons. The molecular formula is C20H16Cl2N2O2S2. The number of anilines is 1. The van der Waals surface area contributed by atoms with E-state index in [9.17, 15) is 4.79 Å². The summed E-state index contributed by atoms with van der Waals surface area (Å²) in [4.78, 5) is 13.8. The maximum absolute atomic E-state index is 12.9. The Bertz CT molecular complexity index is 994. The van der Waals surface area contributed by atoms with Crippen LogP contribution in [0.25, 0.3) is 6.08 Å². The number of ether oxygens (including phenoxy) is 1. The van der Waals surface area contributed by atoms with E-state index < -0.39 is 6.04 Å². The lowest BCUT2D eigenvalue weighted by molar-refractivity contribution is -0.119. The summed E-state index contributed by atoms with van der Waals surface area (Å²) in [5, 5.41) is 7.34. The Balaban J connectivity index is 1.56. The van der Waals surface area contributed by atoms with E-state index in [1.54, 1.807) is 12.1 Å². The van der Waals surface area contributed by atoms with Crippen molar-refractivity contribution in [2.24, 2.45) is 0 Å². The van der Waals surface area contributed by atoms with E-state index in [-0.39, 0.29) is 12.2 Å². The van der Waals surface area contributed by atoms with Gasteiger partial charge in [-0.2, -0.15) is 0 Å². The van der Waals surface area contributed by atoms with Crippen LogP contribution in [0.15, 0.2) is 41.3 Å². The molecule has 2 aliphatic rings. The van der Waals surface area contributed by atoms with Crippen LogP contribution in [0.4, 0.5) is 5.69 Å². The molecule has 1 fully saturated rings. The fourth-order valence-electron chi connectivity index (χ4n) is 3.10.